The largest absolute Gasteiger partial charge is 0.387 e. The monoisotopic (exact) mass is 222 g/mol. The van der Waals surface area contributed by atoms with Crippen molar-refractivity contribution < 1.29 is 4.92 Å². The number of anilines is 1. The van der Waals surface area contributed by atoms with Crippen LogP contribution in [0.15, 0.2) is 18.3 Å². The minimum atomic E-state index is -0.429. The minimum absolute atomic E-state index is 0.0587. The molecule has 0 aliphatic carbocycles. The quantitative estimate of drug-likeness (QED) is 0.591. The predicted molar refractivity (Wildman–Crippen MR) is 60.6 cm³/mol. The first-order chi connectivity index (χ1) is 7.68. The van der Waals surface area contributed by atoms with Gasteiger partial charge in [0.15, 0.2) is 0 Å². The van der Waals surface area contributed by atoms with Crippen molar-refractivity contribution in [3.05, 3.63) is 28.4 Å². The van der Waals surface area contributed by atoms with Crippen LogP contribution >= 0.6 is 0 Å². The van der Waals surface area contributed by atoms with Crippen molar-refractivity contribution in [2.75, 3.05) is 24.5 Å². The van der Waals surface area contributed by atoms with Gasteiger partial charge in [-0.15, -0.1) is 0 Å². The fraction of sp³-hybridized carbons (Fsp3) is 0.500. The number of hydrogen-bond donors (Lipinski definition) is 1. The summed E-state index contributed by atoms with van der Waals surface area (Å²) in [5.74, 6) is -0.0587. The molecule has 0 bridgehead atoms. The molecular formula is C10H14N4O2. The molecular weight excluding hydrogens is 208 g/mol. The van der Waals surface area contributed by atoms with Crippen LogP contribution in [-0.2, 0) is 0 Å². The van der Waals surface area contributed by atoms with Crippen LogP contribution in [0.4, 0.5) is 11.5 Å². The fourth-order valence-electron chi connectivity index (χ4n) is 1.93. The highest BCUT2D eigenvalue weighted by atomic mass is 16.6. The Morgan fingerprint density at radius 3 is 3.19 bits per heavy atom. The van der Waals surface area contributed by atoms with E-state index in [0.29, 0.717) is 11.7 Å². The smallest absolute Gasteiger partial charge is 0.362 e. The second-order valence-corrected chi connectivity index (χ2v) is 3.90. The van der Waals surface area contributed by atoms with Gasteiger partial charge in [0.1, 0.15) is 11.9 Å². The third-order valence-electron chi connectivity index (χ3n) is 2.65. The van der Waals surface area contributed by atoms with Crippen molar-refractivity contribution >= 4 is 11.5 Å². The van der Waals surface area contributed by atoms with E-state index in [2.05, 4.69) is 17.2 Å². The molecule has 1 saturated heterocycles. The Morgan fingerprint density at radius 1 is 1.69 bits per heavy atom. The number of pyridine rings is 1. The van der Waals surface area contributed by atoms with Gasteiger partial charge in [0.25, 0.3) is 0 Å². The van der Waals surface area contributed by atoms with E-state index in [1.807, 2.05) is 4.90 Å². The first kappa shape index (κ1) is 10.8. The molecule has 0 aromatic carbocycles. The van der Waals surface area contributed by atoms with E-state index in [1.54, 1.807) is 12.1 Å². The van der Waals surface area contributed by atoms with Crippen LogP contribution in [0.2, 0.25) is 0 Å². The molecule has 16 heavy (non-hydrogen) atoms. The molecule has 2 heterocycles. The Balaban J connectivity index is 2.28. The Hall–Kier alpha value is -1.69. The summed E-state index contributed by atoms with van der Waals surface area (Å²) >= 11 is 0. The highest BCUT2D eigenvalue weighted by Crippen LogP contribution is 2.25. The summed E-state index contributed by atoms with van der Waals surface area (Å²) in [5, 5.41) is 14.1. The molecule has 86 valence electrons. The second kappa shape index (κ2) is 4.44. The molecule has 0 spiro atoms. The molecule has 0 saturated carbocycles. The molecule has 1 aliphatic rings. The third kappa shape index (κ3) is 2.11. The maximum absolute atomic E-state index is 10.8. The van der Waals surface area contributed by atoms with Crippen LogP contribution in [0.3, 0.4) is 0 Å². The molecule has 1 N–H and O–H groups in total. The number of aromatic nitrogens is 1. The summed E-state index contributed by atoms with van der Waals surface area (Å²) in [4.78, 5) is 16.2. The van der Waals surface area contributed by atoms with E-state index < -0.39 is 4.92 Å². The van der Waals surface area contributed by atoms with Gasteiger partial charge in [-0.1, -0.05) is 0 Å². The molecule has 2 rings (SSSR count). The van der Waals surface area contributed by atoms with Crippen molar-refractivity contribution in [3.63, 3.8) is 0 Å². The first-order valence-corrected chi connectivity index (χ1v) is 5.26. The summed E-state index contributed by atoms with van der Waals surface area (Å²) < 4.78 is 0. The zero-order valence-corrected chi connectivity index (χ0v) is 9.09. The van der Waals surface area contributed by atoms with Crippen molar-refractivity contribution in [1.82, 2.24) is 10.3 Å². The zero-order valence-electron chi connectivity index (χ0n) is 9.09. The van der Waals surface area contributed by atoms with Crippen molar-refractivity contribution in [3.8, 4) is 0 Å². The standard InChI is InChI=1S/C10H14N4O2/c1-8-7-13(6-5-11-8)9-3-2-4-12-10(9)14(15)16/h2-4,8,11H,5-7H2,1H3/t8-/m0/s1. The van der Waals surface area contributed by atoms with Gasteiger partial charge in [0.05, 0.1) is 0 Å². The molecule has 1 atom stereocenters. The SMILES string of the molecule is C[C@H]1CN(c2cccnc2[N+](=O)[O-])CCN1. The fourth-order valence-corrected chi connectivity index (χ4v) is 1.93. The van der Waals surface area contributed by atoms with Gasteiger partial charge >= 0.3 is 5.82 Å². The van der Waals surface area contributed by atoms with Crippen LogP contribution in [0.25, 0.3) is 0 Å². The van der Waals surface area contributed by atoms with Gasteiger partial charge in [0, 0.05) is 25.7 Å². The van der Waals surface area contributed by atoms with E-state index in [4.69, 9.17) is 0 Å². The van der Waals surface area contributed by atoms with Gasteiger partial charge in [-0.25, -0.2) is 0 Å². The van der Waals surface area contributed by atoms with E-state index in [9.17, 15) is 10.1 Å². The average molecular weight is 222 g/mol. The summed E-state index contributed by atoms with van der Waals surface area (Å²) in [6.45, 7) is 4.45. The maximum atomic E-state index is 10.8. The van der Waals surface area contributed by atoms with Crippen molar-refractivity contribution in [2.24, 2.45) is 0 Å². The van der Waals surface area contributed by atoms with Gasteiger partial charge in [-0.2, -0.15) is 0 Å². The van der Waals surface area contributed by atoms with Crippen LogP contribution in [0.5, 0.6) is 0 Å². The molecule has 1 fully saturated rings. The minimum Gasteiger partial charge on any atom is -0.362 e. The lowest BCUT2D eigenvalue weighted by Gasteiger charge is -2.32. The second-order valence-electron chi connectivity index (χ2n) is 3.90. The van der Waals surface area contributed by atoms with Gasteiger partial charge in [0.2, 0.25) is 0 Å². The van der Waals surface area contributed by atoms with E-state index in [0.717, 1.165) is 19.6 Å². The molecule has 0 radical (unpaired) electrons. The summed E-state index contributed by atoms with van der Waals surface area (Å²) in [7, 11) is 0. The Bertz CT molecular complexity index is 396. The molecule has 1 aliphatic heterocycles. The van der Waals surface area contributed by atoms with Crippen molar-refractivity contribution in [1.29, 1.82) is 0 Å². The molecule has 0 amide bonds. The molecule has 0 unspecified atom stereocenters. The summed E-state index contributed by atoms with van der Waals surface area (Å²) in [5.41, 5.74) is 0.612. The number of nitro groups is 1. The summed E-state index contributed by atoms with van der Waals surface area (Å²) in [6.07, 6.45) is 1.45. The van der Waals surface area contributed by atoms with Gasteiger partial charge < -0.3 is 20.3 Å². The zero-order chi connectivity index (χ0) is 11.5. The maximum Gasteiger partial charge on any atom is 0.387 e. The van der Waals surface area contributed by atoms with Crippen LogP contribution in [-0.4, -0.2) is 35.6 Å². The van der Waals surface area contributed by atoms with Crippen LogP contribution in [0, 0.1) is 10.1 Å². The van der Waals surface area contributed by atoms with Gasteiger partial charge in [-0.05, 0) is 29.0 Å². The summed E-state index contributed by atoms with van der Waals surface area (Å²) in [6, 6.07) is 3.83. The normalized spacial score (nSPS) is 20.8. The lowest BCUT2D eigenvalue weighted by atomic mass is 10.2. The first-order valence-electron chi connectivity index (χ1n) is 5.26. The van der Waals surface area contributed by atoms with Crippen LogP contribution in [0.1, 0.15) is 6.92 Å². The third-order valence-corrected chi connectivity index (χ3v) is 2.65. The Morgan fingerprint density at radius 2 is 2.50 bits per heavy atom. The Labute approximate surface area is 93.4 Å². The number of piperazine rings is 1. The molecule has 6 heteroatoms. The van der Waals surface area contributed by atoms with Crippen LogP contribution < -0.4 is 10.2 Å². The van der Waals surface area contributed by atoms with E-state index in [-0.39, 0.29) is 5.82 Å². The molecule has 1 aromatic rings. The van der Waals surface area contributed by atoms with Gasteiger partial charge in [-0.3, -0.25) is 0 Å². The number of nitrogens with one attached hydrogen (secondary N) is 1. The highest BCUT2D eigenvalue weighted by molar-refractivity contribution is 5.59. The van der Waals surface area contributed by atoms with E-state index >= 15 is 0 Å². The van der Waals surface area contributed by atoms with Crippen molar-refractivity contribution in [2.45, 2.75) is 13.0 Å². The average Bonchev–Trinajstić information content (AvgIpc) is 2.29. The number of rotatable bonds is 2. The molecule has 1 aromatic heterocycles. The van der Waals surface area contributed by atoms with E-state index in [1.165, 1.54) is 6.20 Å². The predicted octanol–water partition coefficient (Wildman–Crippen LogP) is 0.788. The topological polar surface area (TPSA) is 71.3 Å². The lowest BCUT2D eigenvalue weighted by Crippen LogP contribution is -2.49. The number of hydrogen-bond acceptors (Lipinski definition) is 5. The lowest BCUT2D eigenvalue weighted by molar-refractivity contribution is -0.388. The number of nitrogens with zero attached hydrogens (tertiary/aromatic N) is 3. The molecule has 6 nitrogen and oxygen atoms in total. The Kier molecular flexibility index (Phi) is 3.00. The highest BCUT2D eigenvalue weighted by Gasteiger charge is 2.23.